The van der Waals surface area contributed by atoms with Crippen LogP contribution in [0.2, 0.25) is 0 Å². The Morgan fingerprint density at radius 1 is 1.33 bits per heavy atom. The lowest BCUT2D eigenvalue weighted by atomic mass is 9.74. The van der Waals surface area contributed by atoms with Crippen molar-refractivity contribution < 1.29 is 19.4 Å². The number of ether oxygens (including phenoxy) is 1. The molecule has 1 saturated heterocycles. The molecule has 1 fully saturated rings. The van der Waals surface area contributed by atoms with E-state index < -0.39 is 16.9 Å². The third-order valence-electron chi connectivity index (χ3n) is 4.63. The number of carbonyl (C=O) groups is 2. The maximum atomic E-state index is 12.4. The average molecular weight is 300 g/mol. The molecule has 0 aromatic heterocycles. The first kappa shape index (κ1) is 17.8. The molecule has 0 spiro atoms. The van der Waals surface area contributed by atoms with Gasteiger partial charge in [0.05, 0.1) is 17.1 Å². The lowest BCUT2D eigenvalue weighted by Gasteiger charge is -2.40. The fourth-order valence-electron chi connectivity index (χ4n) is 2.16. The Labute approximate surface area is 126 Å². The summed E-state index contributed by atoms with van der Waals surface area (Å²) >= 11 is 0. The lowest BCUT2D eigenvalue weighted by Crippen LogP contribution is -2.60. The summed E-state index contributed by atoms with van der Waals surface area (Å²) in [6, 6.07) is -0.243. The highest BCUT2D eigenvalue weighted by atomic mass is 16.5. The van der Waals surface area contributed by atoms with E-state index in [1.807, 2.05) is 6.92 Å². The molecule has 1 aliphatic rings. The van der Waals surface area contributed by atoms with Gasteiger partial charge in [-0.15, -0.1) is 0 Å². The molecule has 0 saturated carbocycles. The van der Waals surface area contributed by atoms with E-state index in [-0.39, 0.29) is 12.1 Å². The molecule has 122 valence electrons. The van der Waals surface area contributed by atoms with Gasteiger partial charge in [0, 0.05) is 19.7 Å². The molecule has 0 aliphatic carbocycles. The topological polar surface area (TPSA) is 78.9 Å². The minimum absolute atomic E-state index is 0.0892. The van der Waals surface area contributed by atoms with Crippen LogP contribution in [0.15, 0.2) is 0 Å². The third-order valence-corrected chi connectivity index (χ3v) is 4.63. The molecule has 0 aromatic carbocycles. The van der Waals surface area contributed by atoms with Crippen LogP contribution in [-0.4, -0.2) is 53.3 Å². The second-order valence-corrected chi connectivity index (χ2v) is 6.66. The van der Waals surface area contributed by atoms with Crippen LogP contribution in [0, 0.1) is 5.41 Å². The quantitative estimate of drug-likeness (QED) is 0.787. The summed E-state index contributed by atoms with van der Waals surface area (Å²) in [5.74, 6) is -0.935. The molecule has 1 aliphatic heterocycles. The van der Waals surface area contributed by atoms with Gasteiger partial charge in [-0.05, 0) is 47.5 Å². The number of carboxylic acid groups (broad SMARTS) is 1. The number of nitrogens with one attached hydrogen (secondary N) is 1. The number of urea groups is 1. The van der Waals surface area contributed by atoms with Gasteiger partial charge in [0.1, 0.15) is 0 Å². The predicted molar refractivity (Wildman–Crippen MR) is 80.2 cm³/mol. The predicted octanol–water partition coefficient (Wildman–Crippen LogP) is 2.09. The van der Waals surface area contributed by atoms with Gasteiger partial charge >= 0.3 is 12.0 Å². The zero-order chi connectivity index (χ0) is 16.3. The Hall–Kier alpha value is -1.30. The Morgan fingerprint density at radius 2 is 1.95 bits per heavy atom. The molecule has 0 radical (unpaired) electrons. The first-order valence-corrected chi connectivity index (χ1v) is 7.54. The van der Waals surface area contributed by atoms with Gasteiger partial charge in [0.25, 0.3) is 0 Å². The van der Waals surface area contributed by atoms with E-state index in [9.17, 15) is 14.7 Å². The van der Waals surface area contributed by atoms with Gasteiger partial charge in [-0.1, -0.05) is 0 Å². The highest BCUT2D eigenvalue weighted by Gasteiger charge is 2.45. The molecule has 0 aromatic rings. The Kier molecular flexibility index (Phi) is 5.61. The Balaban J connectivity index is 2.70. The number of aliphatic carboxylic acids is 1. The van der Waals surface area contributed by atoms with Crippen molar-refractivity contribution in [2.75, 3.05) is 19.7 Å². The zero-order valence-corrected chi connectivity index (χ0v) is 13.7. The molecule has 2 amide bonds. The first-order chi connectivity index (χ1) is 9.61. The molecular weight excluding hydrogens is 272 g/mol. The minimum Gasteiger partial charge on any atom is -0.481 e. The summed E-state index contributed by atoms with van der Waals surface area (Å²) in [4.78, 5) is 25.5. The van der Waals surface area contributed by atoms with Gasteiger partial charge in [-0.3, -0.25) is 4.79 Å². The molecule has 0 bridgehead atoms. The van der Waals surface area contributed by atoms with E-state index in [1.54, 1.807) is 32.6 Å². The van der Waals surface area contributed by atoms with Crippen molar-refractivity contribution in [3.05, 3.63) is 0 Å². The van der Waals surface area contributed by atoms with Crippen LogP contribution in [0.4, 0.5) is 4.79 Å². The van der Waals surface area contributed by atoms with Gasteiger partial charge in [0.2, 0.25) is 0 Å². The normalized spacial score (nSPS) is 19.4. The summed E-state index contributed by atoms with van der Waals surface area (Å²) in [7, 11) is 0. The van der Waals surface area contributed by atoms with Crippen molar-refractivity contribution in [2.45, 2.75) is 59.1 Å². The van der Waals surface area contributed by atoms with Crippen LogP contribution in [0.1, 0.15) is 47.5 Å². The number of hydrogen-bond donors (Lipinski definition) is 2. The molecule has 1 unspecified atom stereocenters. The number of carboxylic acids is 1. The first-order valence-electron chi connectivity index (χ1n) is 7.54. The standard InChI is InChI=1S/C15H28N2O4/c1-6-17(10-11-8-7-9-21-11)13(20)16-15(4,5)14(2,3)12(18)19/h11H,6-10H2,1-5H3,(H,16,20)(H,18,19). The monoisotopic (exact) mass is 300 g/mol. The molecule has 2 N–H and O–H groups in total. The second-order valence-electron chi connectivity index (χ2n) is 6.66. The van der Waals surface area contributed by atoms with Gasteiger partial charge in [0.15, 0.2) is 0 Å². The number of likely N-dealkylation sites (N-methyl/N-ethyl adjacent to an activating group) is 1. The van der Waals surface area contributed by atoms with Crippen LogP contribution in [0.25, 0.3) is 0 Å². The van der Waals surface area contributed by atoms with Gasteiger partial charge in [-0.25, -0.2) is 4.79 Å². The number of carbonyl (C=O) groups excluding carboxylic acids is 1. The molecule has 1 heterocycles. The summed E-state index contributed by atoms with van der Waals surface area (Å²) < 4.78 is 5.56. The summed E-state index contributed by atoms with van der Waals surface area (Å²) in [5, 5.41) is 12.2. The molecule has 1 rings (SSSR count). The highest BCUT2D eigenvalue weighted by molar-refractivity contribution is 5.79. The third kappa shape index (κ3) is 4.09. The number of nitrogens with zero attached hydrogens (tertiary/aromatic N) is 1. The lowest BCUT2D eigenvalue weighted by molar-refractivity contribution is -0.150. The van der Waals surface area contributed by atoms with Crippen molar-refractivity contribution in [1.82, 2.24) is 10.2 Å². The fourth-order valence-corrected chi connectivity index (χ4v) is 2.16. The van der Waals surface area contributed by atoms with E-state index >= 15 is 0 Å². The summed E-state index contributed by atoms with van der Waals surface area (Å²) in [6.45, 7) is 10.5. The SMILES string of the molecule is CCN(CC1CCCO1)C(=O)NC(C)(C)C(C)(C)C(=O)O. The largest absolute Gasteiger partial charge is 0.481 e. The Morgan fingerprint density at radius 3 is 2.38 bits per heavy atom. The fraction of sp³-hybridized carbons (Fsp3) is 0.867. The van der Waals surface area contributed by atoms with Crippen LogP contribution in [-0.2, 0) is 9.53 Å². The highest BCUT2D eigenvalue weighted by Crippen LogP contribution is 2.31. The average Bonchev–Trinajstić information content (AvgIpc) is 2.87. The van der Waals surface area contributed by atoms with E-state index in [1.165, 1.54) is 0 Å². The van der Waals surface area contributed by atoms with Gasteiger partial charge in [-0.2, -0.15) is 0 Å². The molecular formula is C15H28N2O4. The molecule has 6 nitrogen and oxygen atoms in total. The maximum absolute atomic E-state index is 12.4. The maximum Gasteiger partial charge on any atom is 0.317 e. The van der Waals surface area contributed by atoms with Crippen LogP contribution >= 0.6 is 0 Å². The van der Waals surface area contributed by atoms with Crippen molar-refractivity contribution in [1.29, 1.82) is 0 Å². The van der Waals surface area contributed by atoms with Gasteiger partial charge < -0.3 is 20.1 Å². The van der Waals surface area contributed by atoms with Crippen LogP contribution in [0.5, 0.6) is 0 Å². The van der Waals surface area contributed by atoms with Crippen molar-refractivity contribution in [3.63, 3.8) is 0 Å². The van der Waals surface area contributed by atoms with E-state index in [0.717, 1.165) is 19.4 Å². The zero-order valence-electron chi connectivity index (χ0n) is 13.7. The number of amides is 2. The summed E-state index contributed by atoms with van der Waals surface area (Å²) in [6.07, 6.45) is 2.08. The van der Waals surface area contributed by atoms with E-state index in [0.29, 0.717) is 13.1 Å². The second kappa shape index (κ2) is 6.64. The van der Waals surface area contributed by atoms with E-state index in [2.05, 4.69) is 5.32 Å². The summed E-state index contributed by atoms with van der Waals surface area (Å²) in [5.41, 5.74) is -1.92. The molecule has 21 heavy (non-hydrogen) atoms. The van der Waals surface area contributed by atoms with Crippen molar-refractivity contribution in [3.8, 4) is 0 Å². The smallest absolute Gasteiger partial charge is 0.317 e. The van der Waals surface area contributed by atoms with E-state index in [4.69, 9.17) is 4.74 Å². The molecule has 6 heteroatoms. The Bertz CT molecular complexity index is 387. The van der Waals surface area contributed by atoms with Crippen molar-refractivity contribution >= 4 is 12.0 Å². The van der Waals surface area contributed by atoms with Crippen molar-refractivity contribution in [2.24, 2.45) is 5.41 Å². The van der Waals surface area contributed by atoms with Crippen LogP contribution in [0.3, 0.4) is 0 Å². The number of rotatable bonds is 6. The molecule has 1 atom stereocenters. The van der Waals surface area contributed by atoms with Crippen LogP contribution < -0.4 is 5.32 Å². The minimum atomic E-state index is -1.06. The number of hydrogen-bond acceptors (Lipinski definition) is 3.